The van der Waals surface area contributed by atoms with E-state index in [0.29, 0.717) is 12.8 Å². The number of carbonyl (C=O) groups is 3. The Morgan fingerprint density at radius 3 is 2.24 bits per heavy atom. The summed E-state index contributed by atoms with van der Waals surface area (Å²) in [6, 6.07) is 17.5. The smallest absolute Gasteiger partial charge is 0.327 e. The van der Waals surface area contributed by atoms with Crippen LogP contribution in [0.4, 0.5) is 4.79 Å². The van der Waals surface area contributed by atoms with Crippen LogP contribution in [0.15, 0.2) is 59.1 Å². The molecule has 1 atom stereocenters. The molecule has 200 valence electrons. The third-order valence-corrected chi connectivity index (χ3v) is 8.05. The zero-order valence-corrected chi connectivity index (χ0v) is 24.1. The van der Waals surface area contributed by atoms with E-state index in [9.17, 15) is 14.4 Å². The Morgan fingerprint density at radius 2 is 1.65 bits per heavy atom. The van der Waals surface area contributed by atoms with Gasteiger partial charge in [-0.3, -0.25) is 14.5 Å². The number of carbonyl (C=O) groups excluding carboxylic acids is 3. The minimum Gasteiger partial charge on any atom is -0.349 e. The fraction of sp³-hybridized carbons (Fsp3) is 0.464. The van der Waals surface area contributed by atoms with Crippen LogP contribution in [0.1, 0.15) is 50.3 Å². The molecule has 2 fully saturated rings. The van der Waals surface area contributed by atoms with Crippen molar-refractivity contribution in [2.24, 2.45) is 5.92 Å². The Morgan fingerprint density at radius 1 is 1.03 bits per heavy atom. The first kappa shape index (κ1) is 29.1. The standard InChI is InChI=1S/C28H35BrN4O3.ClH/c1-20(2)25(34)30-24(22-7-5-4-6-8-22)13-16-32-17-14-28(15-18-32)26(35)33(27(36)31(28)3)19-21-9-11-23(29)12-10-21;/h4-12,20,24H,13-19H2,1-3H3,(H,30,34);1H/t24-;/m0./s1. The molecule has 7 nitrogen and oxygen atoms in total. The number of piperidine rings is 1. The van der Waals surface area contributed by atoms with Crippen LogP contribution < -0.4 is 5.32 Å². The summed E-state index contributed by atoms with van der Waals surface area (Å²) < 4.78 is 0.963. The van der Waals surface area contributed by atoms with Crippen LogP contribution in [-0.4, -0.2) is 64.8 Å². The van der Waals surface area contributed by atoms with Gasteiger partial charge in [0.05, 0.1) is 12.6 Å². The highest BCUT2D eigenvalue weighted by molar-refractivity contribution is 9.10. The van der Waals surface area contributed by atoms with Gasteiger partial charge < -0.3 is 15.1 Å². The van der Waals surface area contributed by atoms with Crippen molar-refractivity contribution in [2.45, 2.75) is 51.2 Å². The van der Waals surface area contributed by atoms with Gasteiger partial charge in [0.1, 0.15) is 5.54 Å². The quantitative estimate of drug-likeness (QED) is 0.439. The third kappa shape index (κ3) is 6.36. The van der Waals surface area contributed by atoms with Crippen molar-refractivity contribution in [1.29, 1.82) is 0 Å². The van der Waals surface area contributed by atoms with Gasteiger partial charge in [-0.25, -0.2) is 4.79 Å². The predicted molar refractivity (Wildman–Crippen MR) is 150 cm³/mol. The Labute approximate surface area is 234 Å². The number of likely N-dealkylation sites (N-methyl/N-ethyl adjacent to an activating group) is 1. The van der Waals surface area contributed by atoms with Crippen molar-refractivity contribution in [1.82, 2.24) is 20.0 Å². The average molecular weight is 592 g/mol. The topological polar surface area (TPSA) is 73.0 Å². The highest BCUT2D eigenvalue weighted by atomic mass is 79.9. The van der Waals surface area contributed by atoms with Gasteiger partial charge in [-0.05, 0) is 42.5 Å². The van der Waals surface area contributed by atoms with Crippen LogP contribution >= 0.6 is 28.3 Å². The van der Waals surface area contributed by atoms with Crippen LogP contribution in [0, 0.1) is 5.92 Å². The molecule has 2 saturated heterocycles. The summed E-state index contributed by atoms with van der Waals surface area (Å²) in [5, 5.41) is 3.19. The summed E-state index contributed by atoms with van der Waals surface area (Å²) in [5.41, 5.74) is 1.26. The molecular formula is C28H36BrClN4O3. The number of rotatable bonds is 8. The lowest BCUT2D eigenvalue weighted by atomic mass is 9.86. The van der Waals surface area contributed by atoms with Crippen molar-refractivity contribution in [3.8, 4) is 0 Å². The molecule has 0 aromatic heterocycles. The van der Waals surface area contributed by atoms with Gasteiger partial charge in [-0.1, -0.05) is 72.2 Å². The minimum atomic E-state index is -0.770. The number of amides is 4. The van der Waals surface area contributed by atoms with Crippen molar-refractivity contribution < 1.29 is 14.4 Å². The maximum absolute atomic E-state index is 13.5. The van der Waals surface area contributed by atoms with Crippen molar-refractivity contribution in [3.05, 3.63) is 70.2 Å². The molecule has 0 aliphatic carbocycles. The summed E-state index contributed by atoms with van der Waals surface area (Å²) in [6.07, 6.45) is 2.01. The molecule has 2 aromatic rings. The van der Waals surface area contributed by atoms with E-state index in [0.717, 1.165) is 41.7 Å². The molecule has 0 saturated carbocycles. The molecule has 0 unspecified atom stereocenters. The number of imide groups is 1. The summed E-state index contributed by atoms with van der Waals surface area (Å²) in [7, 11) is 1.75. The molecule has 37 heavy (non-hydrogen) atoms. The average Bonchev–Trinajstić information content (AvgIpc) is 3.05. The van der Waals surface area contributed by atoms with Crippen LogP contribution in [0.5, 0.6) is 0 Å². The first-order valence-electron chi connectivity index (χ1n) is 12.6. The fourth-order valence-corrected chi connectivity index (χ4v) is 5.38. The number of nitrogens with one attached hydrogen (secondary N) is 1. The molecule has 4 amide bonds. The lowest BCUT2D eigenvalue weighted by molar-refractivity contribution is -0.135. The second kappa shape index (κ2) is 12.4. The number of benzene rings is 2. The number of nitrogens with zero attached hydrogens (tertiary/aromatic N) is 3. The highest BCUT2D eigenvalue weighted by Gasteiger charge is 2.56. The monoisotopic (exact) mass is 590 g/mol. The van der Waals surface area contributed by atoms with E-state index in [1.165, 1.54) is 4.90 Å². The maximum Gasteiger partial charge on any atom is 0.327 e. The SMILES string of the molecule is CC(C)C(=O)N[C@@H](CCN1CCC2(CC1)C(=O)N(Cc1ccc(Br)cc1)C(=O)N2C)c1ccccc1.Cl. The van der Waals surface area contributed by atoms with Crippen molar-refractivity contribution in [3.63, 3.8) is 0 Å². The van der Waals surface area contributed by atoms with Gasteiger partial charge in [0, 0.05) is 37.1 Å². The molecule has 2 aliphatic heterocycles. The van der Waals surface area contributed by atoms with E-state index < -0.39 is 5.54 Å². The van der Waals surface area contributed by atoms with E-state index >= 15 is 0 Å². The van der Waals surface area contributed by atoms with Crippen LogP contribution in [-0.2, 0) is 16.1 Å². The minimum absolute atomic E-state index is 0. The second-order valence-corrected chi connectivity index (χ2v) is 11.1. The first-order valence-corrected chi connectivity index (χ1v) is 13.4. The Bertz CT molecular complexity index is 1090. The first-order chi connectivity index (χ1) is 17.2. The number of hydrogen-bond acceptors (Lipinski definition) is 4. The zero-order valence-electron chi connectivity index (χ0n) is 21.7. The van der Waals surface area contributed by atoms with Gasteiger partial charge in [0.15, 0.2) is 0 Å². The second-order valence-electron chi connectivity index (χ2n) is 10.1. The molecule has 1 N–H and O–H groups in total. The Kier molecular flexibility index (Phi) is 9.78. The molecule has 0 bridgehead atoms. The molecular weight excluding hydrogens is 556 g/mol. The molecule has 9 heteroatoms. The van der Waals surface area contributed by atoms with E-state index in [4.69, 9.17) is 0 Å². The third-order valence-electron chi connectivity index (χ3n) is 7.52. The Hall–Kier alpha value is -2.42. The molecule has 2 heterocycles. The maximum atomic E-state index is 13.5. The normalized spacial score (nSPS) is 18.3. The zero-order chi connectivity index (χ0) is 25.9. The number of halogens is 2. The largest absolute Gasteiger partial charge is 0.349 e. The Balaban J connectivity index is 0.00000380. The number of hydrogen-bond donors (Lipinski definition) is 1. The van der Waals surface area contributed by atoms with E-state index in [2.05, 4.69) is 26.1 Å². The van der Waals surface area contributed by atoms with E-state index in [1.807, 2.05) is 68.4 Å². The highest BCUT2D eigenvalue weighted by Crippen LogP contribution is 2.37. The molecule has 2 aliphatic rings. The van der Waals surface area contributed by atoms with Crippen LogP contribution in [0.3, 0.4) is 0 Å². The number of likely N-dealkylation sites (tertiary alicyclic amines) is 1. The molecule has 0 radical (unpaired) electrons. The lowest BCUT2D eigenvalue weighted by Crippen LogP contribution is -2.55. The lowest BCUT2D eigenvalue weighted by Gasteiger charge is -2.41. The molecule has 4 rings (SSSR count). The van der Waals surface area contributed by atoms with Crippen molar-refractivity contribution in [2.75, 3.05) is 26.7 Å². The van der Waals surface area contributed by atoms with Crippen LogP contribution in [0.2, 0.25) is 0 Å². The summed E-state index contributed by atoms with van der Waals surface area (Å²) >= 11 is 3.43. The van der Waals surface area contributed by atoms with Gasteiger partial charge in [0.2, 0.25) is 5.91 Å². The van der Waals surface area contributed by atoms with Gasteiger partial charge in [0.25, 0.3) is 5.91 Å². The molecule has 1 spiro atoms. The fourth-order valence-electron chi connectivity index (χ4n) is 5.11. The van der Waals surface area contributed by atoms with Crippen LogP contribution in [0.25, 0.3) is 0 Å². The summed E-state index contributed by atoms with van der Waals surface area (Å²) in [4.78, 5) is 44.4. The van der Waals surface area contributed by atoms with E-state index in [1.54, 1.807) is 11.9 Å². The predicted octanol–water partition coefficient (Wildman–Crippen LogP) is 5.00. The van der Waals surface area contributed by atoms with Crippen molar-refractivity contribution >= 4 is 46.2 Å². The van der Waals surface area contributed by atoms with Gasteiger partial charge in [-0.15, -0.1) is 12.4 Å². The van der Waals surface area contributed by atoms with Gasteiger partial charge >= 0.3 is 6.03 Å². The molecule has 2 aromatic carbocycles. The number of urea groups is 1. The van der Waals surface area contributed by atoms with Gasteiger partial charge in [-0.2, -0.15) is 0 Å². The summed E-state index contributed by atoms with van der Waals surface area (Å²) in [5.74, 6) is -0.124. The van der Waals surface area contributed by atoms with E-state index in [-0.39, 0.29) is 48.8 Å². The summed E-state index contributed by atoms with van der Waals surface area (Å²) in [6.45, 7) is 6.36.